The molecule has 0 saturated carbocycles. The second-order valence-corrected chi connectivity index (χ2v) is 4.54. The Bertz CT molecular complexity index is 448. The SMILES string of the molecule is CNc1nc2ncc(C(C)C)cc2s1. The van der Waals surface area contributed by atoms with E-state index in [-0.39, 0.29) is 0 Å². The van der Waals surface area contributed by atoms with Gasteiger partial charge in [0.1, 0.15) is 0 Å². The quantitative estimate of drug-likeness (QED) is 0.822. The summed E-state index contributed by atoms with van der Waals surface area (Å²) in [4.78, 5) is 8.66. The van der Waals surface area contributed by atoms with Crippen molar-refractivity contribution in [1.82, 2.24) is 9.97 Å². The zero-order chi connectivity index (χ0) is 10.1. The molecule has 0 saturated heterocycles. The van der Waals surface area contributed by atoms with Gasteiger partial charge in [-0.05, 0) is 17.5 Å². The largest absolute Gasteiger partial charge is 0.365 e. The highest BCUT2D eigenvalue weighted by Gasteiger charge is 2.06. The molecular weight excluding hydrogens is 194 g/mol. The molecule has 0 bridgehead atoms. The Morgan fingerprint density at radius 1 is 1.43 bits per heavy atom. The fourth-order valence-electron chi connectivity index (χ4n) is 1.26. The summed E-state index contributed by atoms with van der Waals surface area (Å²) in [5, 5.41) is 3.96. The third-order valence-corrected chi connectivity index (χ3v) is 3.16. The van der Waals surface area contributed by atoms with Gasteiger partial charge in [-0.3, -0.25) is 0 Å². The van der Waals surface area contributed by atoms with Gasteiger partial charge >= 0.3 is 0 Å². The third kappa shape index (κ3) is 1.57. The fourth-order valence-corrected chi connectivity index (χ4v) is 2.08. The highest BCUT2D eigenvalue weighted by molar-refractivity contribution is 7.22. The van der Waals surface area contributed by atoms with Gasteiger partial charge in [0, 0.05) is 13.2 Å². The van der Waals surface area contributed by atoms with Crippen LogP contribution in [0.25, 0.3) is 10.3 Å². The summed E-state index contributed by atoms with van der Waals surface area (Å²) < 4.78 is 1.15. The number of anilines is 1. The Morgan fingerprint density at radius 3 is 2.86 bits per heavy atom. The van der Waals surface area contributed by atoms with Crippen molar-refractivity contribution in [2.24, 2.45) is 0 Å². The van der Waals surface area contributed by atoms with Gasteiger partial charge < -0.3 is 5.32 Å². The van der Waals surface area contributed by atoms with E-state index in [0.29, 0.717) is 5.92 Å². The van der Waals surface area contributed by atoms with Gasteiger partial charge in [-0.2, -0.15) is 0 Å². The van der Waals surface area contributed by atoms with E-state index in [1.807, 2.05) is 13.2 Å². The molecule has 0 spiro atoms. The molecule has 0 aliphatic rings. The van der Waals surface area contributed by atoms with Crippen molar-refractivity contribution in [3.63, 3.8) is 0 Å². The van der Waals surface area contributed by atoms with Crippen molar-refractivity contribution in [3.05, 3.63) is 17.8 Å². The number of nitrogens with one attached hydrogen (secondary N) is 1. The lowest BCUT2D eigenvalue weighted by Gasteiger charge is -2.02. The molecule has 0 radical (unpaired) electrons. The molecule has 4 heteroatoms. The lowest BCUT2D eigenvalue weighted by atomic mass is 10.1. The van der Waals surface area contributed by atoms with Crippen molar-refractivity contribution < 1.29 is 0 Å². The Hall–Kier alpha value is -1.16. The van der Waals surface area contributed by atoms with Gasteiger partial charge in [0.25, 0.3) is 0 Å². The third-order valence-electron chi connectivity index (χ3n) is 2.15. The minimum atomic E-state index is 0.520. The van der Waals surface area contributed by atoms with E-state index in [2.05, 4.69) is 35.2 Å². The minimum Gasteiger partial charge on any atom is -0.365 e. The van der Waals surface area contributed by atoms with Crippen molar-refractivity contribution in [1.29, 1.82) is 0 Å². The van der Waals surface area contributed by atoms with Crippen LogP contribution in [0.5, 0.6) is 0 Å². The van der Waals surface area contributed by atoms with Gasteiger partial charge in [0.2, 0.25) is 0 Å². The molecule has 2 aromatic rings. The average Bonchev–Trinajstić information content (AvgIpc) is 2.58. The van der Waals surface area contributed by atoms with Crippen LogP contribution in [0.3, 0.4) is 0 Å². The number of pyridine rings is 1. The van der Waals surface area contributed by atoms with Crippen molar-refractivity contribution in [2.45, 2.75) is 19.8 Å². The normalized spacial score (nSPS) is 11.1. The summed E-state index contributed by atoms with van der Waals surface area (Å²) >= 11 is 1.64. The van der Waals surface area contributed by atoms with Gasteiger partial charge in [0.05, 0.1) is 4.70 Å². The number of hydrogen-bond donors (Lipinski definition) is 1. The van der Waals surface area contributed by atoms with Crippen LogP contribution in [0.4, 0.5) is 5.13 Å². The molecule has 0 aliphatic carbocycles. The summed E-state index contributed by atoms with van der Waals surface area (Å²) in [5.74, 6) is 0.520. The first-order valence-corrected chi connectivity index (χ1v) is 5.46. The Labute approximate surface area is 87.2 Å². The predicted molar refractivity (Wildman–Crippen MR) is 61.1 cm³/mol. The summed E-state index contributed by atoms with van der Waals surface area (Å²) in [7, 11) is 1.88. The lowest BCUT2D eigenvalue weighted by molar-refractivity contribution is 0.862. The molecule has 1 N–H and O–H groups in total. The number of rotatable bonds is 2. The molecular formula is C10H13N3S. The number of fused-ring (bicyclic) bond motifs is 1. The average molecular weight is 207 g/mol. The van der Waals surface area contributed by atoms with Crippen LogP contribution in [0, 0.1) is 0 Å². The number of nitrogens with zero attached hydrogens (tertiary/aromatic N) is 2. The Morgan fingerprint density at radius 2 is 2.21 bits per heavy atom. The molecule has 74 valence electrons. The van der Waals surface area contributed by atoms with E-state index in [9.17, 15) is 0 Å². The van der Waals surface area contributed by atoms with Gasteiger partial charge in [-0.25, -0.2) is 9.97 Å². The topological polar surface area (TPSA) is 37.8 Å². The predicted octanol–water partition coefficient (Wildman–Crippen LogP) is 2.86. The minimum absolute atomic E-state index is 0.520. The molecule has 0 atom stereocenters. The first-order valence-electron chi connectivity index (χ1n) is 4.65. The maximum Gasteiger partial charge on any atom is 0.185 e. The van der Waals surface area contributed by atoms with Crippen LogP contribution in [-0.4, -0.2) is 17.0 Å². The van der Waals surface area contributed by atoms with Gasteiger partial charge in [-0.1, -0.05) is 25.2 Å². The van der Waals surface area contributed by atoms with Crippen molar-refractivity contribution in [3.8, 4) is 0 Å². The second kappa shape index (κ2) is 3.53. The summed E-state index contributed by atoms with van der Waals surface area (Å²) in [6.45, 7) is 4.34. The van der Waals surface area contributed by atoms with Crippen LogP contribution in [0.1, 0.15) is 25.3 Å². The Balaban J connectivity index is 2.54. The molecule has 14 heavy (non-hydrogen) atoms. The standard InChI is InChI=1S/C10H13N3S/c1-6(2)7-4-8-9(12-5-7)13-10(11-3)14-8/h4-6H,1-3H3,(H,11,12,13). The van der Waals surface area contributed by atoms with Crippen LogP contribution in [0.15, 0.2) is 12.3 Å². The molecule has 2 heterocycles. The van der Waals surface area contributed by atoms with Gasteiger partial charge in [0.15, 0.2) is 10.8 Å². The zero-order valence-corrected chi connectivity index (χ0v) is 9.35. The maximum atomic E-state index is 4.33. The monoisotopic (exact) mass is 207 g/mol. The van der Waals surface area contributed by atoms with Crippen molar-refractivity contribution >= 4 is 26.8 Å². The highest BCUT2D eigenvalue weighted by atomic mass is 32.1. The van der Waals surface area contributed by atoms with Crippen LogP contribution >= 0.6 is 11.3 Å². The first kappa shape index (κ1) is 9.40. The maximum absolute atomic E-state index is 4.33. The zero-order valence-electron chi connectivity index (χ0n) is 8.53. The van der Waals surface area contributed by atoms with E-state index in [1.54, 1.807) is 11.3 Å². The van der Waals surface area contributed by atoms with E-state index in [0.717, 1.165) is 15.5 Å². The van der Waals surface area contributed by atoms with E-state index in [4.69, 9.17) is 0 Å². The molecule has 0 aliphatic heterocycles. The fraction of sp³-hybridized carbons (Fsp3) is 0.400. The molecule has 2 rings (SSSR count). The lowest BCUT2D eigenvalue weighted by Crippen LogP contribution is -1.88. The van der Waals surface area contributed by atoms with E-state index < -0.39 is 0 Å². The number of aromatic nitrogens is 2. The van der Waals surface area contributed by atoms with E-state index >= 15 is 0 Å². The smallest absolute Gasteiger partial charge is 0.185 e. The summed E-state index contributed by atoms with van der Waals surface area (Å²) in [6.07, 6.45) is 1.91. The number of hydrogen-bond acceptors (Lipinski definition) is 4. The number of thiazole rings is 1. The molecule has 3 nitrogen and oxygen atoms in total. The van der Waals surface area contributed by atoms with Crippen molar-refractivity contribution in [2.75, 3.05) is 12.4 Å². The first-order chi connectivity index (χ1) is 6.70. The Kier molecular flexibility index (Phi) is 2.37. The van der Waals surface area contributed by atoms with Crippen LogP contribution in [-0.2, 0) is 0 Å². The molecule has 0 unspecified atom stereocenters. The second-order valence-electron chi connectivity index (χ2n) is 3.51. The summed E-state index contributed by atoms with van der Waals surface area (Å²) in [6, 6.07) is 2.17. The highest BCUT2D eigenvalue weighted by Crippen LogP contribution is 2.26. The summed E-state index contributed by atoms with van der Waals surface area (Å²) in [5.41, 5.74) is 2.10. The van der Waals surface area contributed by atoms with Crippen LogP contribution < -0.4 is 5.32 Å². The van der Waals surface area contributed by atoms with Gasteiger partial charge in [-0.15, -0.1) is 0 Å². The molecule has 0 aromatic carbocycles. The molecule has 2 aromatic heterocycles. The van der Waals surface area contributed by atoms with E-state index in [1.165, 1.54) is 5.56 Å². The molecule has 0 fully saturated rings. The molecule has 0 amide bonds. The van der Waals surface area contributed by atoms with Crippen LogP contribution in [0.2, 0.25) is 0 Å².